The number of carbonyl (C=O) groups is 1. The van der Waals surface area contributed by atoms with E-state index in [1.165, 1.54) is 19.2 Å². The van der Waals surface area contributed by atoms with E-state index in [9.17, 15) is 15.0 Å². The van der Waals surface area contributed by atoms with Crippen molar-refractivity contribution in [2.24, 2.45) is 0 Å². The summed E-state index contributed by atoms with van der Waals surface area (Å²) in [6, 6.07) is 4.39. The summed E-state index contributed by atoms with van der Waals surface area (Å²) in [4.78, 5) is 12.1. The molecule has 5 nitrogen and oxygen atoms in total. The average molecular weight is 267 g/mol. The van der Waals surface area contributed by atoms with E-state index in [1.54, 1.807) is 33.8 Å². The fourth-order valence-corrected chi connectivity index (χ4v) is 1.34. The lowest BCUT2D eigenvalue weighted by atomic mass is 9.85. The van der Waals surface area contributed by atoms with Gasteiger partial charge in [-0.1, -0.05) is 0 Å². The zero-order valence-corrected chi connectivity index (χ0v) is 11.9. The van der Waals surface area contributed by atoms with Crippen molar-refractivity contribution in [3.8, 4) is 11.5 Å². The summed E-state index contributed by atoms with van der Waals surface area (Å²) in [5.74, 6) is -0.167. The van der Waals surface area contributed by atoms with Crippen LogP contribution < -0.4 is 10.1 Å². The van der Waals surface area contributed by atoms with Crippen LogP contribution >= 0.6 is 0 Å². The van der Waals surface area contributed by atoms with Crippen molar-refractivity contribution in [3.63, 3.8) is 0 Å². The third kappa shape index (κ3) is 3.38. The van der Waals surface area contributed by atoms with Crippen LogP contribution in [0, 0.1) is 0 Å². The van der Waals surface area contributed by atoms with E-state index in [1.807, 2.05) is 0 Å². The summed E-state index contributed by atoms with van der Waals surface area (Å²) < 4.78 is 4.91. The molecular weight excluding hydrogens is 246 g/mol. The van der Waals surface area contributed by atoms with Gasteiger partial charge in [0, 0.05) is 5.56 Å². The molecular formula is C14H21NO4. The Morgan fingerprint density at radius 3 is 2.26 bits per heavy atom. The summed E-state index contributed by atoms with van der Waals surface area (Å²) in [5.41, 5.74) is -1.58. The Labute approximate surface area is 113 Å². The van der Waals surface area contributed by atoms with Gasteiger partial charge in [-0.15, -0.1) is 0 Å². The fraction of sp³-hybridized carbons (Fsp3) is 0.500. The van der Waals surface area contributed by atoms with Crippen molar-refractivity contribution < 1.29 is 19.7 Å². The van der Waals surface area contributed by atoms with E-state index < -0.39 is 11.1 Å². The third-order valence-electron chi connectivity index (χ3n) is 3.40. The number of benzene rings is 1. The molecule has 1 aromatic carbocycles. The highest BCUT2D eigenvalue weighted by atomic mass is 16.5. The summed E-state index contributed by atoms with van der Waals surface area (Å²) in [6.45, 7) is 6.71. The van der Waals surface area contributed by atoms with Crippen LogP contribution in [0.25, 0.3) is 0 Å². The first-order valence-electron chi connectivity index (χ1n) is 6.00. The van der Waals surface area contributed by atoms with Crippen molar-refractivity contribution in [2.75, 3.05) is 7.11 Å². The van der Waals surface area contributed by atoms with E-state index in [0.29, 0.717) is 11.3 Å². The molecule has 0 radical (unpaired) electrons. The topological polar surface area (TPSA) is 78.8 Å². The van der Waals surface area contributed by atoms with Crippen molar-refractivity contribution in [1.29, 1.82) is 0 Å². The van der Waals surface area contributed by atoms with Crippen LogP contribution in [-0.4, -0.2) is 34.4 Å². The maximum Gasteiger partial charge on any atom is 0.251 e. The van der Waals surface area contributed by atoms with Gasteiger partial charge in [0.25, 0.3) is 5.91 Å². The van der Waals surface area contributed by atoms with E-state index >= 15 is 0 Å². The number of phenolic OH excluding ortho intramolecular Hbond substituents is 1. The normalized spacial score (nSPS) is 12.1. The lowest BCUT2D eigenvalue weighted by molar-refractivity contribution is -0.00293. The molecule has 1 rings (SSSR count). The summed E-state index contributed by atoms with van der Waals surface area (Å²) >= 11 is 0. The van der Waals surface area contributed by atoms with E-state index in [4.69, 9.17) is 4.74 Å². The Hall–Kier alpha value is -1.75. The minimum atomic E-state index is -1.07. The molecule has 0 spiro atoms. The maximum absolute atomic E-state index is 12.1. The Morgan fingerprint density at radius 2 is 1.84 bits per heavy atom. The molecule has 0 atom stereocenters. The summed E-state index contributed by atoms with van der Waals surface area (Å²) in [7, 11) is 1.44. The summed E-state index contributed by atoms with van der Waals surface area (Å²) in [5, 5.41) is 22.4. The number of phenols is 1. The van der Waals surface area contributed by atoms with Gasteiger partial charge in [0.15, 0.2) is 11.5 Å². The van der Waals surface area contributed by atoms with E-state index in [2.05, 4.69) is 5.32 Å². The quantitative estimate of drug-likeness (QED) is 0.775. The van der Waals surface area contributed by atoms with Gasteiger partial charge < -0.3 is 20.3 Å². The molecule has 0 fully saturated rings. The second-order valence-corrected chi connectivity index (χ2v) is 5.52. The highest BCUT2D eigenvalue weighted by Crippen LogP contribution is 2.27. The molecule has 0 aliphatic heterocycles. The SMILES string of the molecule is COc1ccc(C(=O)NC(C)(C)C(C)(C)O)cc1O. The molecule has 0 aromatic heterocycles. The van der Waals surface area contributed by atoms with Gasteiger partial charge >= 0.3 is 0 Å². The number of rotatable bonds is 4. The Kier molecular flexibility index (Phi) is 4.10. The second kappa shape index (κ2) is 5.09. The first-order valence-corrected chi connectivity index (χ1v) is 6.00. The number of carbonyl (C=O) groups excluding carboxylic acids is 1. The van der Waals surface area contributed by atoms with Gasteiger partial charge in [0.2, 0.25) is 0 Å². The Balaban J connectivity index is 2.94. The van der Waals surface area contributed by atoms with Crippen molar-refractivity contribution in [1.82, 2.24) is 5.32 Å². The van der Waals surface area contributed by atoms with Crippen LogP contribution in [-0.2, 0) is 0 Å². The molecule has 0 aliphatic rings. The molecule has 0 aliphatic carbocycles. The number of hydrogen-bond donors (Lipinski definition) is 3. The van der Waals surface area contributed by atoms with Crippen molar-refractivity contribution >= 4 is 5.91 Å². The largest absolute Gasteiger partial charge is 0.504 e. The zero-order valence-electron chi connectivity index (χ0n) is 11.9. The smallest absolute Gasteiger partial charge is 0.251 e. The second-order valence-electron chi connectivity index (χ2n) is 5.52. The van der Waals surface area contributed by atoms with Crippen LogP contribution in [0.15, 0.2) is 18.2 Å². The Morgan fingerprint density at radius 1 is 1.26 bits per heavy atom. The number of ether oxygens (including phenoxy) is 1. The highest BCUT2D eigenvalue weighted by Gasteiger charge is 2.36. The first kappa shape index (κ1) is 15.3. The zero-order chi connectivity index (χ0) is 14.8. The lowest BCUT2D eigenvalue weighted by Gasteiger charge is -2.38. The van der Waals surface area contributed by atoms with Gasteiger partial charge in [-0.05, 0) is 45.9 Å². The highest BCUT2D eigenvalue weighted by molar-refractivity contribution is 5.95. The summed E-state index contributed by atoms with van der Waals surface area (Å²) in [6.07, 6.45) is 0. The third-order valence-corrected chi connectivity index (χ3v) is 3.40. The molecule has 19 heavy (non-hydrogen) atoms. The number of nitrogens with one attached hydrogen (secondary N) is 1. The van der Waals surface area contributed by atoms with Crippen molar-refractivity contribution in [2.45, 2.75) is 38.8 Å². The Bertz CT molecular complexity index is 475. The standard InChI is InChI=1S/C14H21NO4/c1-13(2,14(3,4)18)15-12(17)9-6-7-11(19-5)10(16)8-9/h6-8,16,18H,1-5H3,(H,15,17). The van der Waals surface area contributed by atoms with Crippen LogP contribution in [0.2, 0.25) is 0 Å². The molecule has 106 valence electrons. The number of hydrogen-bond acceptors (Lipinski definition) is 4. The van der Waals surface area contributed by atoms with E-state index in [-0.39, 0.29) is 11.7 Å². The monoisotopic (exact) mass is 267 g/mol. The number of aromatic hydroxyl groups is 1. The van der Waals surface area contributed by atoms with Gasteiger partial charge in [-0.25, -0.2) is 0 Å². The van der Waals surface area contributed by atoms with Gasteiger partial charge in [-0.3, -0.25) is 4.79 Å². The van der Waals surface area contributed by atoms with Crippen LogP contribution in [0.4, 0.5) is 0 Å². The minimum absolute atomic E-state index is 0.101. The number of methoxy groups -OCH3 is 1. The molecule has 5 heteroatoms. The van der Waals surface area contributed by atoms with E-state index in [0.717, 1.165) is 0 Å². The molecule has 3 N–H and O–H groups in total. The maximum atomic E-state index is 12.1. The van der Waals surface area contributed by atoms with Gasteiger partial charge in [0.1, 0.15) is 0 Å². The lowest BCUT2D eigenvalue weighted by Crippen LogP contribution is -2.57. The molecule has 0 unspecified atom stereocenters. The van der Waals surface area contributed by atoms with Crippen molar-refractivity contribution in [3.05, 3.63) is 23.8 Å². The predicted molar refractivity (Wildman–Crippen MR) is 72.5 cm³/mol. The molecule has 0 saturated carbocycles. The first-order chi connectivity index (χ1) is 8.58. The molecule has 0 heterocycles. The fourth-order valence-electron chi connectivity index (χ4n) is 1.34. The number of aliphatic hydroxyl groups is 1. The van der Waals surface area contributed by atoms with Gasteiger partial charge in [0.05, 0.1) is 18.2 Å². The predicted octanol–water partition coefficient (Wildman–Crippen LogP) is 1.68. The number of amides is 1. The molecule has 1 aromatic rings. The molecule has 0 saturated heterocycles. The minimum Gasteiger partial charge on any atom is -0.504 e. The average Bonchev–Trinajstić information content (AvgIpc) is 2.26. The molecule has 0 bridgehead atoms. The van der Waals surface area contributed by atoms with Gasteiger partial charge in [-0.2, -0.15) is 0 Å². The van der Waals surface area contributed by atoms with Crippen LogP contribution in [0.5, 0.6) is 11.5 Å². The van der Waals surface area contributed by atoms with Crippen LogP contribution in [0.1, 0.15) is 38.1 Å². The molecule has 1 amide bonds. The van der Waals surface area contributed by atoms with Crippen LogP contribution in [0.3, 0.4) is 0 Å².